The van der Waals surface area contributed by atoms with E-state index in [1.807, 2.05) is 0 Å². The highest BCUT2D eigenvalue weighted by molar-refractivity contribution is 7.15. The Bertz CT molecular complexity index is 819. The molecule has 2 aromatic heterocycles. The van der Waals surface area contributed by atoms with E-state index in [4.69, 9.17) is 5.11 Å². The van der Waals surface area contributed by atoms with Gasteiger partial charge in [0.15, 0.2) is 4.96 Å². The van der Waals surface area contributed by atoms with Gasteiger partial charge in [0.2, 0.25) is 0 Å². The fraction of sp³-hybridized carbons (Fsp3) is 0.429. The number of aromatic nitrogens is 2. The van der Waals surface area contributed by atoms with Crippen molar-refractivity contribution < 1.29 is 14.7 Å². The van der Waals surface area contributed by atoms with E-state index in [2.05, 4.69) is 10.3 Å². The molecule has 1 amide bonds. The van der Waals surface area contributed by atoms with Crippen LogP contribution in [-0.2, 0) is 4.79 Å². The van der Waals surface area contributed by atoms with Gasteiger partial charge in [0.25, 0.3) is 11.5 Å². The Hall–Kier alpha value is -2.22. The minimum Gasteiger partial charge on any atom is -0.481 e. The second kappa shape index (κ2) is 5.20. The molecule has 1 aliphatic carbocycles. The van der Waals surface area contributed by atoms with Gasteiger partial charge in [-0.3, -0.25) is 18.8 Å². The Labute approximate surface area is 129 Å². The molecule has 1 aliphatic rings. The average Bonchev–Trinajstić information content (AvgIpc) is 2.78. The molecule has 1 fully saturated rings. The molecule has 2 aromatic rings. The number of carbonyl (C=O) groups is 2. The van der Waals surface area contributed by atoms with Gasteiger partial charge in [-0.1, -0.05) is 0 Å². The fourth-order valence-electron chi connectivity index (χ4n) is 2.73. The molecular weight excluding hydrogens is 306 g/mol. The van der Waals surface area contributed by atoms with Crippen LogP contribution in [0.3, 0.4) is 0 Å². The van der Waals surface area contributed by atoms with Crippen molar-refractivity contribution in [1.29, 1.82) is 0 Å². The number of aliphatic carboxylic acids is 1. The number of hydrogen-bond donors (Lipinski definition) is 2. The lowest BCUT2D eigenvalue weighted by Crippen LogP contribution is -2.55. The number of amides is 1. The number of nitrogens with zero attached hydrogens (tertiary/aromatic N) is 2. The molecule has 0 spiro atoms. The maximum absolute atomic E-state index is 12.4. The third-order valence-electron chi connectivity index (χ3n) is 4.04. The molecule has 1 saturated carbocycles. The van der Waals surface area contributed by atoms with E-state index < -0.39 is 23.0 Å². The lowest BCUT2D eigenvalue weighted by Gasteiger charge is -2.41. The summed E-state index contributed by atoms with van der Waals surface area (Å²) in [5.41, 5.74) is -0.503. The normalized spacial score (nSPS) is 16.2. The largest absolute Gasteiger partial charge is 0.481 e. The lowest BCUT2D eigenvalue weighted by atomic mass is 9.74. The predicted octanol–water partition coefficient (Wildman–Crippen LogP) is 1.19. The van der Waals surface area contributed by atoms with Crippen LogP contribution in [0, 0.1) is 6.92 Å². The Morgan fingerprint density at radius 2 is 2.23 bits per heavy atom. The maximum Gasteiger partial charge on any atom is 0.305 e. The van der Waals surface area contributed by atoms with Crippen LogP contribution in [-0.4, -0.2) is 31.9 Å². The summed E-state index contributed by atoms with van der Waals surface area (Å²) >= 11 is 1.33. The third-order valence-corrected chi connectivity index (χ3v) is 5.00. The average molecular weight is 321 g/mol. The van der Waals surface area contributed by atoms with E-state index in [1.165, 1.54) is 21.9 Å². The van der Waals surface area contributed by atoms with Gasteiger partial charge in [-0.25, -0.2) is 4.98 Å². The summed E-state index contributed by atoms with van der Waals surface area (Å²) in [6.07, 6.45) is 3.22. The van der Waals surface area contributed by atoms with Crippen molar-refractivity contribution in [3.05, 3.63) is 33.2 Å². The molecule has 0 atom stereocenters. The van der Waals surface area contributed by atoms with Crippen molar-refractivity contribution in [2.75, 3.05) is 0 Å². The summed E-state index contributed by atoms with van der Waals surface area (Å²) in [5.74, 6) is -1.52. The van der Waals surface area contributed by atoms with Crippen molar-refractivity contribution >= 4 is 28.2 Å². The van der Waals surface area contributed by atoms with Crippen LogP contribution in [0.15, 0.2) is 16.4 Å². The first-order valence-corrected chi connectivity index (χ1v) is 7.80. The van der Waals surface area contributed by atoms with E-state index in [0.717, 1.165) is 12.1 Å². The van der Waals surface area contributed by atoms with Gasteiger partial charge in [-0.15, -0.1) is 11.3 Å². The summed E-state index contributed by atoms with van der Waals surface area (Å²) in [6, 6.07) is 0. The Morgan fingerprint density at radius 1 is 1.50 bits per heavy atom. The molecule has 7 nitrogen and oxygen atoms in total. The Balaban J connectivity index is 1.92. The van der Waals surface area contributed by atoms with Gasteiger partial charge >= 0.3 is 5.97 Å². The predicted molar refractivity (Wildman–Crippen MR) is 80.4 cm³/mol. The highest BCUT2D eigenvalue weighted by Gasteiger charge is 2.40. The van der Waals surface area contributed by atoms with Crippen LogP contribution < -0.4 is 10.9 Å². The molecule has 0 aliphatic heterocycles. The topological polar surface area (TPSA) is 101 Å². The van der Waals surface area contributed by atoms with Gasteiger partial charge in [-0.05, 0) is 26.2 Å². The molecule has 8 heteroatoms. The van der Waals surface area contributed by atoms with Crippen LogP contribution in [0.4, 0.5) is 0 Å². The van der Waals surface area contributed by atoms with Crippen molar-refractivity contribution in [3.8, 4) is 0 Å². The van der Waals surface area contributed by atoms with E-state index >= 15 is 0 Å². The summed E-state index contributed by atoms with van der Waals surface area (Å²) in [7, 11) is 0. The van der Waals surface area contributed by atoms with Crippen molar-refractivity contribution in [3.63, 3.8) is 0 Å². The van der Waals surface area contributed by atoms with Crippen molar-refractivity contribution in [2.24, 2.45) is 0 Å². The van der Waals surface area contributed by atoms with Gasteiger partial charge < -0.3 is 10.4 Å². The van der Waals surface area contributed by atoms with E-state index in [9.17, 15) is 14.4 Å². The second-order valence-electron chi connectivity index (χ2n) is 5.63. The highest BCUT2D eigenvalue weighted by Crippen LogP contribution is 2.35. The van der Waals surface area contributed by atoms with Gasteiger partial charge in [-0.2, -0.15) is 0 Å². The monoisotopic (exact) mass is 321 g/mol. The van der Waals surface area contributed by atoms with Crippen LogP contribution in [0.2, 0.25) is 0 Å². The van der Waals surface area contributed by atoms with E-state index in [-0.39, 0.29) is 12.0 Å². The van der Waals surface area contributed by atoms with Gasteiger partial charge in [0, 0.05) is 17.3 Å². The molecule has 0 bridgehead atoms. The number of aryl methyl sites for hydroxylation is 1. The third kappa shape index (κ3) is 2.39. The maximum atomic E-state index is 12.4. The zero-order chi connectivity index (χ0) is 15.9. The zero-order valence-corrected chi connectivity index (χ0v) is 12.8. The molecule has 2 N–H and O–H groups in total. The quantitative estimate of drug-likeness (QED) is 0.881. The first-order valence-electron chi connectivity index (χ1n) is 6.92. The van der Waals surface area contributed by atoms with Crippen molar-refractivity contribution in [2.45, 2.75) is 38.1 Å². The van der Waals surface area contributed by atoms with Crippen LogP contribution in [0.25, 0.3) is 4.96 Å². The molecule has 22 heavy (non-hydrogen) atoms. The number of nitrogens with one attached hydrogen (secondary N) is 1. The van der Waals surface area contributed by atoms with E-state index in [1.54, 1.807) is 12.3 Å². The number of thiazole rings is 1. The molecule has 2 heterocycles. The second-order valence-corrected chi connectivity index (χ2v) is 6.47. The minimum absolute atomic E-state index is 0.0596. The molecule has 0 unspecified atom stereocenters. The first kappa shape index (κ1) is 14.7. The number of carboxylic acids is 1. The number of carboxylic acid groups (broad SMARTS) is 1. The van der Waals surface area contributed by atoms with Crippen LogP contribution >= 0.6 is 11.3 Å². The summed E-state index contributed by atoms with van der Waals surface area (Å²) < 4.78 is 1.39. The number of fused-ring (bicyclic) bond motifs is 1. The van der Waals surface area contributed by atoms with Crippen molar-refractivity contribution in [1.82, 2.24) is 14.7 Å². The van der Waals surface area contributed by atoms with Gasteiger partial charge in [0.1, 0.15) is 5.56 Å². The summed E-state index contributed by atoms with van der Waals surface area (Å²) in [5, 5.41) is 13.5. The lowest BCUT2D eigenvalue weighted by molar-refractivity contribution is -0.139. The molecule has 3 rings (SSSR count). The Morgan fingerprint density at radius 3 is 2.82 bits per heavy atom. The number of carbonyl (C=O) groups excluding carboxylic acids is 1. The first-order chi connectivity index (χ1) is 10.4. The zero-order valence-electron chi connectivity index (χ0n) is 12.0. The standard InChI is InChI=1S/C14H15N3O4S/c1-8-7-22-13-15-6-9(12(21)17(8)13)11(20)16-14(3-2-4-14)5-10(18)19/h6-7H,2-5H2,1H3,(H,16,20)(H,18,19). The van der Waals surface area contributed by atoms with Crippen LogP contribution in [0.5, 0.6) is 0 Å². The Kier molecular flexibility index (Phi) is 3.48. The van der Waals surface area contributed by atoms with Gasteiger partial charge in [0.05, 0.1) is 12.0 Å². The summed E-state index contributed by atoms with van der Waals surface area (Å²) in [4.78, 5) is 40.4. The minimum atomic E-state index is -0.959. The van der Waals surface area contributed by atoms with E-state index in [0.29, 0.717) is 17.8 Å². The summed E-state index contributed by atoms with van der Waals surface area (Å²) in [6.45, 7) is 1.77. The molecule has 0 saturated heterocycles. The molecular formula is C14H15N3O4S. The fourth-order valence-corrected chi connectivity index (χ4v) is 3.56. The highest BCUT2D eigenvalue weighted by atomic mass is 32.1. The molecule has 0 aromatic carbocycles. The number of hydrogen-bond acceptors (Lipinski definition) is 5. The SMILES string of the molecule is Cc1csc2ncc(C(=O)NC3(CC(=O)O)CCC3)c(=O)n12. The molecule has 0 radical (unpaired) electrons. The molecule has 116 valence electrons. The van der Waals surface area contributed by atoms with Crippen LogP contribution in [0.1, 0.15) is 41.7 Å². The smallest absolute Gasteiger partial charge is 0.305 e. The number of rotatable bonds is 4.